The predicted octanol–water partition coefficient (Wildman–Crippen LogP) is 3.51. The first-order valence-electron chi connectivity index (χ1n) is 9.56. The zero-order valence-corrected chi connectivity index (χ0v) is 18.6. The largest absolute Gasteiger partial charge is 0.339 e. The van der Waals surface area contributed by atoms with E-state index in [1.54, 1.807) is 18.3 Å². The van der Waals surface area contributed by atoms with Crippen molar-refractivity contribution in [3.63, 3.8) is 0 Å². The number of hydrogen-bond donors (Lipinski definition) is 3. The van der Waals surface area contributed by atoms with Crippen molar-refractivity contribution in [1.29, 1.82) is 0 Å². The minimum atomic E-state index is -3.74. The summed E-state index contributed by atoms with van der Waals surface area (Å²) in [7, 11) is -3.74. The molecule has 3 aromatic rings. The lowest BCUT2D eigenvalue weighted by Gasteiger charge is -2.10. The van der Waals surface area contributed by atoms with Gasteiger partial charge in [-0.15, -0.1) is 0 Å². The summed E-state index contributed by atoms with van der Waals surface area (Å²) in [4.78, 5) is 12.2. The summed E-state index contributed by atoms with van der Waals surface area (Å²) in [5, 5.41) is 12.0. The van der Waals surface area contributed by atoms with Crippen LogP contribution in [0.2, 0.25) is 0 Å². The molecule has 0 radical (unpaired) electrons. The topological polar surface area (TPSA) is 119 Å². The number of primary sulfonamides is 1. The molecule has 0 atom stereocenters. The number of benzene rings is 2. The highest BCUT2D eigenvalue weighted by molar-refractivity contribution is 7.89. The van der Waals surface area contributed by atoms with Gasteiger partial charge in [-0.1, -0.05) is 17.7 Å². The molecule has 0 fully saturated rings. The van der Waals surface area contributed by atoms with Crippen molar-refractivity contribution in [3.05, 3.63) is 76.6 Å². The van der Waals surface area contributed by atoms with Gasteiger partial charge in [-0.3, -0.25) is 0 Å². The zero-order chi connectivity index (χ0) is 22.8. The predicted molar refractivity (Wildman–Crippen MR) is 122 cm³/mol. The Morgan fingerprint density at radius 1 is 1.03 bits per heavy atom. The normalized spacial score (nSPS) is 11.6. The molecule has 8 nitrogen and oxygen atoms in total. The summed E-state index contributed by atoms with van der Waals surface area (Å²) in [5.74, 6) is 0. The molecule has 0 saturated heterocycles. The maximum atomic E-state index is 12.1. The van der Waals surface area contributed by atoms with Gasteiger partial charge in [-0.2, -0.15) is 5.10 Å². The molecule has 162 valence electrons. The molecule has 1 heterocycles. The second-order valence-corrected chi connectivity index (χ2v) is 8.90. The van der Waals surface area contributed by atoms with Gasteiger partial charge in [0.05, 0.1) is 11.1 Å². The monoisotopic (exact) mass is 439 g/mol. The molecule has 3 rings (SSSR count). The van der Waals surface area contributed by atoms with Crippen molar-refractivity contribution >= 4 is 28.0 Å². The first-order chi connectivity index (χ1) is 14.6. The van der Waals surface area contributed by atoms with Crippen molar-refractivity contribution in [1.82, 2.24) is 9.99 Å². The van der Waals surface area contributed by atoms with Crippen LogP contribution in [0.5, 0.6) is 0 Å². The van der Waals surface area contributed by atoms with Gasteiger partial charge in [-0.05, 0) is 69.7 Å². The average molecular weight is 440 g/mol. The third-order valence-electron chi connectivity index (χ3n) is 4.89. The third kappa shape index (κ3) is 5.19. The second-order valence-electron chi connectivity index (χ2n) is 7.34. The molecule has 0 bridgehead atoms. The molecule has 0 spiro atoms. The second kappa shape index (κ2) is 8.75. The summed E-state index contributed by atoms with van der Waals surface area (Å²) >= 11 is 0. The van der Waals surface area contributed by atoms with Crippen LogP contribution in [0.1, 0.15) is 28.1 Å². The van der Waals surface area contributed by atoms with Crippen LogP contribution < -0.4 is 15.9 Å². The van der Waals surface area contributed by atoms with E-state index in [9.17, 15) is 13.2 Å². The van der Waals surface area contributed by atoms with E-state index in [1.807, 2.05) is 56.5 Å². The molecule has 0 aliphatic rings. The number of nitrogens with two attached hydrogens (primary N) is 1. The van der Waals surface area contributed by atoms with Gasteiger partial charge in [0.15, 0.2) is 0 Å². The maximum absolute atomic E-state index is 12.1. The molecule has 0 saturated carbocycles. The van der Waals surface area contributed by atoms with E-state index in [2.05, 4.69) is 15.8 Å². The highest BCUT2D eigenvalue weighted by Gasteiger charge is 2.12. The Morgan fingerprint density at radius 3 is 2.32 bits per heavy atom. The zero-order valence-electron chi connectivity index (χ0n) is 17.8. The molecule has 9 heteroatoms. The summed E-state index contributed by atoms with van der Waals surface area (Å²) in [6.45, 7) is 7.76. The standard InChI is InChI=1S/C22H25N5O3S/c1-14-5-10-21(15(2)11-14)25-22(28)26-24-13-18-12-16(3)27(17(18)4)19-6-8-20(9-7-19)31(23,29)30/h5-13H,1-4H3,(H2,23,29,30)(H2,25,26,28)/b24-13+. The molecule has 4 N–H and O–H groups in total. The van der Waals surface area contributed by atoms with E-state index in [0.717, 1.165) is 39.5 Å². The van der Waals surface area contributed by atoms with Gasteiger partial charge < -0.3 is 9.88 Å². The van der Waals surface area contributed by atoms with Crippen LogP contribution in [0.3, 0.4) is 0 Å². The smallest absolute Gasteiger partial charge is 0.318 e. The highest BCUT2D eigenvalue weighted by Crippen LogP contribution is 2.21. The fourth-order valence-electron chi connectivity index (χ4n) is 3.37. The van der Waals surface area contributed by atoms with Crippen LogP contribution in [0.15, 0.2) is 58.5 Å². The minimum absolute atomic E-state index is 0.0551. The van der Waals surface area contributed by atoms with Crippen molar-refractivity contribution in [2.45, 2.75) is 32.6 Å². The molecule has 31 heavy (non-hydrogen) atoms. The maximum Gasteiger partial charge on any atom is 0.339 e. The van der Waals surface area contributed by atoms with Crippen molar-refractivity contribution in [2.24, 2.45) is 10.2 Å². The molecule has 0 aliphatic heterocycles. The van der Waals surface area contributed by atoms with Crippen molar-refractivity contribution in [3.8, 4) is 5.69 Å². The number of rotatable bonds is 5. The number of aromatic nitrogens is 1. The van der Waals surface area contributed by atoms with Gasteiger partial charge in [-0.25, -0.2) is 23.8 Å². The van der Waals surface area contributed by atoms with Crippen molar-refractivity contribution in [2.75, 3.05) is 5.32 Å². The molecule has 0 unspecified atom stereocenters. The van der Waals surface area contributed by atoms with E-state index in [1.165, 1.54) is 12.1 Å². The Balaban J connectivity index is 1.73. The summed E-state index contributed by atoms with van der Waals surface area (Å²) in [6, 6.07) is 13.6. The Morgan fingerprint density at radius 2 is 1.71 bits per heavy atom. The quantitative estimate of drug-likeness (QED) is 0.417. The minimum Gasteiger partial charge on any atom is -0.318 e. The fraction of sp³-hybridized carbons (Fsp3) is 0.182. The number of anilines is 1. The van der Waals surface area contributed by atoms with Gasteiger partial charge in [0.25, 0.3) is 0 Å². The number of urea groups is 1. The molecule has 2 aromatic carbocycles. The van der Waals surface area contributed by atoms with E-state index in [4.69, 9.17) is 5.14 Å². The van der Waals surface area contributed by atoms with Gasteiger partial charge >= 0.3 is 6.03 Å². The lowest BCUT2D eigenvalue weighted by atomic mass is 10.1. The number of carbonyl (C=O) groups is 1. The van der Waals surface area contributed by atoms with E-state index in [-0.39, 0.29) is 4.90 Å². The first-order valence-corrected chi connectivity index (χ1v) is 11.1. The fourth-order valence-corrected chi connectivity index (χ4v) is 3.88. The number of amides is 2. The van der Waals surface area contributed by atoms with Gasteiger partial charge in [0, 0.05) is 28.3 Å². The Kier molecular flexibility index (Phi) is 6.28. The third-order valence-corrected chi connectivity index (χ3v) is 5.82. The molecule has 1 aromatic heterocycles. The Hall–Kier alpha value is -3.43. The summed E-state index contributed by atoms with van der Waals surface area (Å²) in [6.07, 6.45) is 1.57. The van der Waals surface area contributed by atoms with Crippen LogP contribution in [-0.2, 0) is 10.0 Å². The van der Waals surface area contributed by atoms with Crippen LogP contribution in [0.4, 0.5) is 10.5 Å². The van der Waals surface area contributed by atoms with Crippen molar-refractivity contribution < 1.29 is 13.2 Å². The van der Waals surface area contributed by atoms with E-state index in [0.29, 0.717) is 0 Å². The van der Waals surface area contributed by atoms with Crippen LogP contribution >= 0.6 is 0 Å². The number of aryl methyl sites for hydroxylation is 3. The Bertz CT molecular complexity index is 1260. The average Bonchev–Trinajstić information content (AvgIpc) is 2.97. The molecular weight excluding hydrogens is 414 g/mol. The molecule has 2 amide bonds. The molecule has 0 aliphatic carbocycles. The van der Waals surface area contributed by atoms with E-state index >= 15 is 0 Å². The number of sulfonamides is 1. The summed E-state index contributed by atoms with van der Waals surface area (Å²) in [5.41, 5.74) is 8.72. The lowest BCUT2D eigenvalue weighted by Crippen LogP contribution is -2.24. The SMILES string of the molecule is Cc1ccc(NC(=O)N/N=C/c2cc(C)n(-c3ccc(S(N)(=O)=O)cc3)c2C)c(C)c1. The van der Waals surface area contributed by atoms with Crippen LogP contribution in [0, 0.1) is 27.7 Å². The van der Waals surface area contributed by atoms with Gasteiger partial charge in [0.1, 0.15) is 0 Å². The molecular formula is C22H25N5O3S. The van der Waals surface area contributed by atoms with E-state index < -0.39 is 16.1 Å². The van der Waals surface area contributed by atoms with Crippen LogP contribution in [-0.4, -0.2) is 25.2 Å². The number of hydrazone groups is 1. The highest BCUT2D eigenvalue weighted by atomic mass is 32.2. The lowest BCUT2D eigenvalue weighted by molar-refractivity contribution is 0.252. The summed E-state index contributed by atoms with van der Waals surface area (Å²) < 4.78 is 24.9. The number of nitrogens with one attached hydrogen (secondary N) is 2. The van der Waals surface area contributed by atoms with Crippen LogP contribution in [0.25, 0.3) is 5.69 Å². The number of nitrogens with zero attached hydrogens (tertiary/aromatic N) is 2. The first kappa shape index (κ1) is 22.3. The number of carbonyl (C=O) groups excluding carboxylic acids is 1. The van der Waals surface area contributed by atoms with Gasteiger partial charge in [0.2, 0.25) is 10.0 Å². The number of hydrogen-bond acceptors (Lipinski definition) is 4. The Labute approximate surface area is 181 Å².